The maximum absolute atomic E-state index is 13.0. The number of nitrogens with one attached hydrogen (secondary N) is 1. The van der Waals surface area contributed by atoms with Gasteiger partial charge in [-0.15, -0.1) is 0 Å². The normalized spacial score (nSPS) is 15.1. The van der Waals surface area contributed by atoms with Crippen molar-refractivity contribution in [3.63, 3.8) is 0 Å². The van der Waals surface area contributed by atoms with Crippen LogP contribution in [0.15, 0.2) is 78.4 Å². The number of carbonyl (C=O) groups is 3. The summed E-state index contributed by atoms with van der Waals surface area (Å²) in [6.45, 7) is 0.262. The van der Waals surface area contributed by atoms with Gasteiger partial charge in [0.15, 0.2) is 0 Å². The summed E-state index contributed by atoms with van der Waals surface area (Å²) in [7, 11) is 0. The van der Waals surface area contributed by atoms with Crippen LogP contribution in [-0.2, 0) is 16.2 Å². The fourth-order valence-electron chi connectivity index (χ4n) is 3.12. The topological polar surface area (TPSA) is 75.7 Å². The molecule has 0 atom stereocenters. The Bertz CT molecular complexity index is 1240. The second-order valence-corrected chi connectivity index (χ2v) is 7.73. The monoisotopic (exact) mass is 466 g/mol. The molecular weight excluding hydrogens is 451 g/mol. The van der Waals surface area contributed by atoms with E-state index in [4.69, 9.17) is 27.9 Å². The van der Waals surface area contributed by atoms with Gasteiger partial charge in [-0.05, 0) is 54.1 Å². The Hall–Kier alpha value is -3.61. The average molecular weight is 467 g/mol. The maximum Gasteiger partial charge on any atom is 0.335 e. The lowest BCUT2D eigenvalue weighted by Crippen LogP contribution is -2.54. The number of imide groups is 2. The van der Waals surface area contributed by atoms with Gasteiger partial charge in [0, 0.05) is 15.6 Å². The van der Waals surface area contributed by atoms with Crippen molar-refractivity contribution in [3.8, 4) is 5.75 Å². The van der Waals surface area contributed by atoms with Crippen LogP contribution in [0.3, 0.4) is 0 Å². The summed E-state index contributed by atoms with van der Waals surface area (Å²) in [6, 6.07) is 19.6. The number of ether oxygens (including phenoxy) is 1. The van der Waals surface area contributed by atoms with E-state index in [9.17, 15) is 14.4 Å². The van der Waals surface area contributed by atoms with Crippen molar-refractivity contribution in [2.45, 2.75) is 6.61 Å². The zero-order chi connectivity index (χ0) is 22.7. The zero-order valence-corrected chi connectivity index (χ0v) is 18.1. The minimum Gasteiger partial charge on any atom is -0.489 e. The van der Waals surface area contributed by atoms with Crippen LogP contribution in [0.5, 0.6) is 5.75 Å². The largest absolute Gasteiger partial charge is 0.489 e. The molecule has 1 fully saturated rings. The molecule has 6 nitrogen and oxygen atoms in total. The number of hydrogen-bond donors (Lipinski definition) is 1. The molecule has 32 heavy (non-hydrogen) atoms. The zero-order valence-electron chi connectivity index (χ0n) is 16.5. The van der Waals surface area contributed by atoms with Crippen molar-refractivity contribution >= 4 is 52.8 Å². The third kappa shape index (κ3) is 4.66. The van der Waals surface area contributed by atoms with Gasteiger partial charge < -0.3 is 4.74 Å². The van der Waals surface area contributed by atoms with E-state index in [1.165, 1.54) is 18.2 Å². The summed E-state index contributed by atoms with van der Waals surface area (Å²) >= 11 is 12.0. The van der Waals surface area contributed by atoms with Crippen LogP contribution in [0.4, 0.5) is 10.5 Å². The van der Waals surface area contributed by atoms with E-state index in [1.54, 1.807) is 42.5 Å². The van der Waals surface area contributed by atoms with Crippen LogP contribution >= 0.6 is 23.2 Å². The first-order valence-electron chi connectivity index (χ1n) is 9.55. The lowest BCUT2D eigenvalue weighted by atomic mass is 10.1. The third-order valence-corrected chi connectivity index (χ3v) is 5.33. The molecule has 1 saturated heterocycles. The van der Waals surface area contributed by atoms with Gasteiger partial charge in [0.25, 0.3) is 11.8 Å². The minimum absolute atomic E-state index is 0.178. The molecule has 3 aromatic rings. The predicted molar refractivity (Wildman–Crippen MR) is 123 cm³/mol. The Kier molecular flexibility index (Phi) is 6.25. The van der Waals surface area contributed by atoms with Gasteiger partial charge in [-0.3, -0.25) is 14.9 Å². The van der Waals surface area contributed by atoms with E-state index in [0.29, 0.717) is 27.0 Å². The van der Waals surface area contributed by atoms with Crippen molar-refractivity contribution in [3.05, 3.63) is 99.5 Å². The lowest BCUT2D eigenvalue weighted by Gasteiger charge is -2.26. The molecule has 1 N–H and O–H groups in total. The first kappa shape index (κ1) is 21.6. The van der Waals surface area contributed by atoms with Gasteiger partial charge in [-0.2, -0.15) is 0 Å². The van der Waals surface area contributed by atoms with Crippen LogP contribution in [0.1, 0.15) is 11.1 Å². The van der Waals surface area contributed by atoms with Crippen molar-refractivity contribution in [1.29, 1.82) is 0 Å². The number of urea groups is 1. The molecule has 0 aromatic heterocycles. The molecular formula is C24H16Cl2N2O4. The van der Waals surface area contributed by atoms with Crippen LogP contribution < -0.4 is 15.0 Å². The molecule has 3 aromatic carbocycles. The molecule has 160 valence electrons. The van der Waals surface area contributed by atoms with Gasteiger partial charge in [-0.25, -0.2) is 9.69 Å². The number of anilines is 1. The molecule has 0 radical (unpaired) electrons. The molecule has 1 heterocycles. The predicted octanol–water partition coefficient (Wildman–Crippen LogP) is 5.24. The summed E-state index contributed by atoms with van der Waals surface area (Å²) in [4.78, 5) is 38.5. The van der Waals surface area contributed by atoms with Gasteiger partial charge in [0.1, 0.15) is 17.9 Å². The van der Waals surface area contributed by atoms with Crippen molar-refractivity contribution in [2.75, 3.05) is 4.90 Å². The van der Waals surface area contributed by atoms with Gasteiger partial charge >= 0.3 is 6.03 Å². The first-order valence-corrected chi connectivity index (χ1v) is 10.3. The molecule has 0 aliphatic carbocycles. The summed E-state index contributed by atoms with van der Waals surface area (Å²) in [5.74, 6) is -0.968. The van der Waals surface area contributed by atoms with Crippen molar-refractivity contribution < 1.29 is 19.1 Å². The molecule has 1 aliphatic rings. The van der Waals surface area contributed by atoms with E-state index >= 15 is 0 Å². The minimum atomic E-state index is -0.823. The molecule has 0 unspecified atom stereocenters. The molecule has 0 bridgehead atoms. The number of hydrogen-bond acceptors (Lipinski definition) is 4. The average Bonchev–Trinajstić information content (AvgIpc) is 2.77. The van der Waals surface area contributed by atoms with Crippen molar-refractivity contribution in [1.82, 2.24) is 5.32 Å². The molecule has 0 spiro atoms. The van der Waals surface area contributed by atoms with Gasteiger partial charge in [0.05, 0.1) is 5.69 Å². The molecule has 4 rings (SSSR count). The van der Waals surface area contributed by atoms with E-state index in [2.05, 4.69) is 5.32 Å². The summed E-state index contributed by atoms with van der Waals surface area (Å²) in [5, 5.41) is 3.25. The number of halogens is 2. The number of benzene rings is 3. The highest BCUT2D eigenvalue weighted by atomic mass is 35.5. The maximum atomic E-state index is 13.0. The lowest BCUT2D eigenvalue weighted by molar-refractivity contribution is -0.122. The van der Waals surface area contributed by atoms with Crippen LogP contribution in [0.25, 0.3) is 6.08 Å². The Morgan fingerprint density at radius 1 is 0.906 bits per heavy atom. The first-order chi connectivity index (χ1) is 15.4. The Balaban J connectivity index is 1.58. The fourth-order valence-corrected chi connectivity index (χ4v) is 3.44. The Morgan fingerprint density at radius 2 is 1.66 bits per heavy atom. The number of carbonyl (C=O) groups excluding carboxylic acids is 3. The highest BCUT2D eigenvalue weighted by Crippen LogP contribution is 2.25. The van der Waals surface area contributed by atoms with Gasteiger partial charge in [-0.1, -0.05) is 53.5 Å². The number of barbiturate groups is 1. The van der Waals surface area contributed by atoms with Crippen LogP contribution in [-0.4, -0.2) is 17.8 Å². The Labute approximate surface area is 194 Å². The SMILES string of the molecule is O=C1NC(=O)N(c2ccc(Cl)cc2)C(=O)/C1=C\c1cccc(OCc2ccccc2Cl)c1. The fraction of sp³-hybridized carbons (Fsp3) is 0.0417. The quantitative estimate of drug-likeness (QED) is 0.412. The summed E-state index contributed by atoms with van der Waals surface area (Å²) in [5.41, 5.74) is 1.51. The highest BCUT2D eigenvalue weighted by Gasteiger charge is 2.36. The smallest absolute Gasteiger partial charge is 0.335 e. The number of rotatable bonds is 5. The molecule has 8 heteroatoms. The number of amides is 4. The van der Waals surface area contributed by atoms with E-state index in [0.717, 1.165) is 10.5 Å². The molecule has 0 saturated carbocycles. The highest BCUT2D eigenvalue weighted by molar-refractivity contribution is 6.39. The number of nitrogens with zero attached hydrogens (tertiary/aromatic N) is 1. The molecule has 1 aliphatic heterocycles. The second-order valence-electron chi connectivity index (χ2n) is 6.89. The van der Waals surface area contributed by atoms with Gasteiger partial charge in [0.2, 0.25) is 0 Å². The summed E-state index contributed by atoms with van der Waals surface area (Å²) < 4.78 is 5.80. The molecule has 4 amide bonds. The second kappa shape index (κ2) is 9.26. The Morgan fingerprint density at radius 3 is 2.41 bits per heavy atom. The van der Waals surface area contributed by atoms with Crippen LogP contribution in [0, 0.1) is 0 Å². The van der Waals surface area contributed by atoms with Crippen molar-refractivity contribution in [2.24, 2.45) is 0 Å². The third-order valence-electron chi connectivity index (χ3n) is 4.71. The van der Waals surface area contributed by atoms with E-state index < -0.39 is 17.8 Å². The van der Waals surface area contributed by atoms with Crippen LogP contribution in [0.2, 0.25) is 10.0 Å². The van der Waals surface area contributed by atoms with E-state index in [1.807, 2.05) is 18.2 Å². The standard InChI is InChI=1S/C24H16Cl2N2O4/c25-17-8-10-18(11-9-17)28-23(30)20(22(29)27-24(28)31)13-15-4-3-6-19(12-15)32-14-16-5-1-2-7-21(16)26/h1-13H,14H2,(H,27,29,31)/b20-13-. The summed E-state index contributed by atoms with van der Waals surface area (Å²) in [6.07, 6.45) is 1.41. The van der Waals surface area contributed by atoms with E-state index in [-0.39, 0.29) is 12.2 Å².